The van der Waals surface area contributed by atoms with Crippen molar-refractivity contribution in [1.82, 2.24) is 10.3 Å². The van der Waals surface area contributed by atoms with Crippen molar-refractivity contribution in [1.29, 1.82) is 0 Å². The topological polar surface area (TPSA) is 123 Å². The van der Waals surface area contributed by atoms with Crippen LogP contribution in [0.2, 0.25) is 0 Å². The van der Waals surface area contributed by atoms with Crippen LogP contribution in [0.15, 0.2) is 23.7 Å². The minimum absolute atomic E-state index is 0.0439. The lowest BCUT2D eigenvalue weighted by atomic mass is 10.1. The second kappa shape index (κ2) is 6.29. The maximum absolute atomic E-state index is 12.1. The van der Waals surface area contributed by atoms with E-state index in [-0.39, 0.29) is 17.8 Å². The zero-order chi connectivity index (χ0) is 15.4. The molecule has 0 fully saturated rings. The summed E-state index contributed by atoms with van der Waals surface area (Å²) in [4.78, 5) is 27.5. The Balaban J connectivity index is 2.21. The predicted octanol–water partition coefficient (Wildman–Crippen LogP) is 1.58. The highest BCUT2D eigenvalue weighted by atomic mass is 32.1. The molecule has 0 aliphatic rings. The van der Waals surface area contributed by atoms with Crippen LogP contribution in [0.4, 0.5) is 11.4 Å². The molecule has 0 atom stereocenters. The number of nitro groups is 1. The average molecular weight is 307 g/mol. The Kier molecular flexibility index (Phi) is 4.45. The number of hydrogen-bond donors (Lipinski definition) is 3. The van der Waals surface area contributed by atoms with Gasteiger partial charge in [0.1, 0.15) is 5.56 Å². The summed E-state index contributed by atoms with van der Waals surface area (Å²) in [7, 11) is 0. The highest BCUT2D eigenvalue weighted by molar-refractivity contribution is 7.09. The molecule has 110 valence electrons. The molecule has 2 rings (SSSR count). The average Bonchev–Trinajstić information content (AvgIpc) is 2.89. The molecule has 0 bridgehead atoms. The number of nitrogens with zero attached hydrogens (tertiary/aromatic N) is 2. The van der Waals surface area contributed by atoms with Gasteiger partial charge in [-0.1, -0.05) is 0 Å². The molecular formula is C12H13N5O3S. The van der Waals surface area contributed by atoms with E-state index in [9.17, 15) is 14.9 Å². The number of nitrogen functional groups attached to an aromatic ring is 1. The molecule has 1 heterocycles. The van der Waals surface area contributed by atoms with E-state index in [1.54, 1.807) is 5.51 Å². The third-order valence-electron chi connectivity index (χ3n) is 2.86. The van der Waals surface area contributed by atoms with Gasteiger partial charge in [-0.2, -0.15) is 0 Å². The summed E-state index contributed by atoms with van der Waals surface area (Å²) in [5, 5.41) is 13.6. The Hall–Kier alpha value is -2.52. The number of nitro benzene ring substituents is 1. The second-order valence-corrected chi connectivity index (χ2v) is 5.12. The molecule has 0 radical (unpaired) electrons. The number of aryl methyl sites for hydroxylation is 1. The van der Waals surface area contributed by atoms with E-state index in [2.05, 4.69) is 15.7 Å². The monoisotopic (exact) mass is 307 g/mol. The van der Waals surface area contributed by atoms with Crippen molar-refractivity contribution >= 4 is 28.6 Å². The zero-order valence-corrected chi connectivity index (χ0v) is 11.9. The highest BCUT2D eigenvalue weighted by Gasteiger charge is 2.20. The highest BCUT2D eigenvalue weighted by Crippen LogP contribution is 2.22. The number of rotatable bonds is 5. The van der Waals surface area contributed by atoms with E-state index < -0.39 is 10.8 Å². The molecule has 0 unspecified atom stereocenters. The predicted molar refractivity (Wildman–Crippen MR) is 78.9 cm³/mol. The third kappa shape index (κ3) is 3.33. The van der Waals surface area contributed by atoms with Crippen LogP contribution in [0.3, 0.4) is 0 Å². The summed E-state index contributed by atoms with van der Waals surface area (Å²) < 4.78 is 0. The van der Waals surface area contributed by atoms with Crippen LogP contribution >= 0.6 is 11.3 Å². The van der Waals surface area contributed by atoms with Crippen LogP contribution in [-0.2, 0) is 6.54 Å². The lowest BCUT2D eigenvalue weighted by molar-refractivity contribution is -0.385. The van der Waals surface area contributed by atoms with Gasteiger partial charge >= 0.3 is 0 Å². The van der Waals surface area contributed by atoms with E-state index >= 15 is 0 Å². The first-order chi connectivity index (χ1) is 10.0. The largest absolute Gasteiger partial charge is 0.347 e. The molecule has 8 nitrogen and oxygen atoms in total. The Morgan fingerprint density at radius 2 is 2.29 bits per heavy atom. The Bertz CT molecular complexity index is 685. The summed E-state index contributed by atoms with van der Waals surface area (Å²) in [6, 6.07) is 4.01. The number of carbonyl (C=O) groups excluding carboxylic acids is 1. The van der Waals surface area contributed by atoms with Crippen LogP contribution < -0.4 is 16.6 Å². The molecule has 4 N–H and O–H groups in total. The first kappa shape index (κ1) is 14.9. The number of aromatic nitrogens is 1. The minimum atomic E-state index is -0.604. The van der Waals surface area contributed by atoms with Gasteiger partial charge < -0.3 is 10.7 Å². The Morgan fingerprint density at radius 1 is 1.52 bits per heavy atom. The minimum Gasteiger partial charge on any atom is -0.347 e. The van der Waals surface area contributed by atoms with Gasteiger partial charge in [0.2, 0.25) is 0 Å². The van der Waals surface area contributed by atoms with Crippen molar-refractivity contribution in [2.24, 2.45) is 5.84 Å². The van der Waals surface area contributed by atoms with E-state index in [0.717, 1.165) is 10.6 Å². The van der Waals surface area contributed by atoms with Crippen LogP contribution in [0.5, 0.6) is 0 Å². The van der Waals surface area contributed by atoms with E-state index in [1.807, 2.05) is 6.92 Å². The molecule has 1 aromatic carbocycles. The van der Waals surface area contributed by atoms with Gasteiger partial charge in [0.15, 0.2) is 0 Å². The van der Waals surface area contributed by atoms with Crippen molar-refractivity contribution in [3.05, 3.63) is 50.0 Å². The number of anilines is 1. The molecule has 1 amide bonds. The number of nitrogens with two attached hydrogens (primary N) is 1. The molecule has 0 spiro atoms. The van der Waals surface area contributed by atoms with Gasteiger partial charge in [0.05, 0.1) is 22.7 Å². The van der Waals surface area contributed by atoms with Crippen molar-refractivity contribution < 1.29 is 9.72 Å². The van der Waals surface area contributed by atoms with Gasteiger partial charge in [-0.25, -0.2) is 4.98 Å². The molecule has 0 saturated carbocycles. The number of benzene rings is 1. The number of nitrogens with one attached hydrogen (secondary N) is 2. The van der Waals surface area contributed by atoms with Crippen LogP contribution in [0.25, 0.3) is 0 Å². The maximum atomic E-state index is 12.1. The lowest BCUT2D eigenvalue weighted by Gasteiger charge is -2.07. The van der Waals surface area contributed by atoms with E-state index in [4.69, 9.17) is 5.84 Å². The third-order valence-corrected chi connectivity index (χ3v) is 3.79. The standard InChI is InChI=1S/C12H13N5O3S/c1-7-11(21-6-15-7)5-14-12(18)9-4-8(16-13)2-3-10(9)17(19)20/h2-4,6,16H,5,13H2,1H3,(H,14,18). The summed E-state index contributed by atoms with van der Waals surface area (Å²) >= 11 is 1.41. The molecule has 9 heteroatoms. The molecular weight excluding hydrogens is 294 g/mol. The van der Waals surface area contributed by atoms with E-state index in [0.29, 0.717) is 5.69 Å². The summed E-state index contributed by atoms with van der Waals surface area (Å²) in [6.45, 7) is 2.10. The summed E-state index contributed by atoms with van der Waals surface area (Å²) in [6.07, 6.45) is 0. The number of thiazole rings is 1. The molecule has 2 aromatic rings. The lowest BCUT2D eigenvalue weighted by Crippen LogP contribution is -2.24. The maximum Gasteiger partial charge on any atom is 0.282 e. The SMILES string of the molecule is Cc1ncsc1CNC(=O)c1cc(NN)ccc1[N+](=O)[O-]. The quantitative estimate of drug-likeness (QED) is 0.438. The molecule has 0 aliphatic carbocycles. The fourth-order valence-corrected chi connectivity index (χ4v) is 2.44. The smallest absolute Gasteiger partial charge is 0.282 e. The number of amides is 1. The van der Waals surface area contributed by atoms with Crippen LogP contribution in [0, 0.1) is 17.0 Å². The number of hydrogen-bond acceptors (Lipinski definition) is 7. The summed E-state index contributed by atoms with van der Waals surface area (Å²) in [5.41, 5.74) is 4.96. The zero-order valence-electron chi connectivity index (χ0n) is 11.1. The van der Waals surface area contributed by atoms with Crippen LogP contribution in [0.1, 0.15) is 20.9 Å². The van der Waals surface area contributed by atoms with Crippen LogP contribution in [-0.4, -0.2) is 15.8 Å². The first-order valence-corrected chi connectivity index (χ1v) is 6.83. The van der Waals surface area contributed by atoms with Gasteiger partial charge in [0.25, 0.3) is 11.6 Å². The second-order valence-electron chi connectivity index (χ2n) is 4.18. The Labute approximate surface area is 124 Å². The van der Waals surface area contributed by atoms with E-state index in [1.165, 1.54) is 29.5 Å². The molecule has 0 saturated heterocycles. The molecule has 21 heavy (non-hydrogen) atoms. The fraction of sp³-hybridized carbons (Fsp3) is 0.167. The number of carbonyl (C=O) groups is 1. The van der Waals surface area contributed by atoms with Gasteiger partial charge in [-0.3, -0.25) is 20.8 Å². The molecule has 0 aliphatic heterocycles. The molecule has 1 aromatic heterocycles. The Morgan fingerprint density at radius 3 is 2.86 bits per heavy atom. The van der Waals surface area contributed by atoms with Crippen molar-refractivity contribution in [3.8, 4) is 0 Å². The van der Waals surface area contributed by atoms with Crippen molar-refractivity contribution in [3.63, 3.8) is 0 Å². The summed E-state index contributed by atoms with van der Waals surface area (Å²) in [5.74, 6) is 4.72. The van der Waals surface area contributed by atoms with Gasteiger partial charge in [0, 0.05) is 16.6 Å². The van der Waals surface area contributed by atoms with Gasteiger partial charge in [-0.05, 0) is 19.1 Å². The van der Waals surface area contributed by atoms with Gasteiger partial charge in [-0.15, -0.1) is 11.3 Å². The first-order valence-electron chi connectivity index (χ1n) is 5.95. The normalized spacial score (nSPS) is 10.2. The number of hydrazine groups is 1. The van der Waals surface area contributed by atoms with Crippen molar-refractivity contribution in [2.45, 2.75) is 13.5 Å². The fourth-order valence-electron chi connectivity index (χ4n) is 1.72. The van der Waals surface area contributed by atoms with Crippen molar-refractivity contribution in [2.75, 3.05) is 5.43 Å².